The van der Waals surface area contributed by atoms with Crippen LogP contribution in [0.2, 0.25) is 0 Å². The lowest BCUT2D eigenvalue weighted by molar-refractivity contribution is 0.110. The van der Waals surface area contributed by atoms with Crippen LogP contribution in [0.1, 0.15) is 11.7 Å². The van der Waals surface area contributed by atoms with E-state index in [-0.39, 0.29) is 6.10 Å². The van der Waals surface area contributed by atoms with Crippen molar-refractivity contribution in [3.05, 3.63) is 23.8 Å². The molecular formula is C11H17NO3. The van der Waals surface area contributed by atoms with E-state index < -0.39 is 0 Å². The van der Waals surface area contributed by atoms with E-state index in [1.54, 1.807) is 21.3 Å². The lowest BCUT2D eigenvalue weighted by Crippen LogP contribution is -2.14. The van der Waals surface area contributed by atoms with E-state index >= 15 is 0 Å². The Bertz CT molecular complexity index is 288. The van der Waals surface area contributed by atoms with Crippen LogP contribution in [0.15, 0.2) is 18.2 Å². The summed E-state index contributed by atoms with van der Waals surface area (Å²) in [5.41, 5.74) is 6.55. The first-order valence-corrected chi connectivity index (χ1v) is 4.71. The van der Waals surface area contributed by atoms with Gasteiger partial charge >= 0.3 is 0 Å². The summed E-state index contributed by atoms with van der Waals surface area (Å²) in [6.07, 6.45) is -0.131. The first-order chi connectivity index (χ1) is 7.24. The SMILES string of the molecule is COc1cc(OC)cc(C(CN)OC)c1. The monoisotopic (exact) mass is 211 g/mol. The molecule has 4 nitrogen and oxygen atoms in total. The van der Waals surface area contributed by atoms with Crippen molar-refractivity contribution < 1.29 is 14.2 Å². The number of hydrogen-bond acceptors (Lipinski definition) is 4. The van der Waals surface area contributed by atoms with Gasteiger partial charge in [0.1, 0.15) is 11.5 Å². The van der Waals surface area contributed by atoms with Crippen LogP contribution in [0.4, 0.5) is 0 Å². The van der Waals surface area contributed by atoms with Gasteiger partial charge < -0.3 is 19.9 Å². The Labute approximate surface area is 89.9 Å². The molecule has 0 heterocycles. The predicted octanol–water partition coefficient (Wildman–Crippen LogP) is 1.35. The van der Waals surface area contributed by atoms with Gasteiger partial charge in [-0.05, 0) is 17.7 Å². The van der Waals surface area contributed by atoms with Crippen LogP contribution in [0, 0.1) is 0 Å². The molecule has 4 heteroatoms. The van der Waals surface area contributed by atoms with E-state index in [0.29, 0.717) is 6.54 Å². The third kappa shape index (κ3) is 2.84. The summed E-state index contributed by atoms with van der Waals surface area (Å²) >= 11 is 0. The molecule has 1 atom stereocenters. The molecular weight excluding hydrogens is 194 g/mol. The summed E-state index contributed by atoms with van der Waals surface area (Å²) in [6.45, 7) is 0.423. The van der Waals surface area contributed by atoms with Crippen LogP contribution in [-0.4, -0.2) is 27.9 Å². The summed E-state index contributed by atoms with van der Waals surface area (Å²) in [5.74, 6) is 1.47. The summed E-state index contributed by atoms with van der Waals surface area (Å²) < 4.78 is 15.6. The smallest absolute Gasteiger partial charge is 0.122 e. The fourth-order valence-electron chi connectivity index (χ4n) is 1.38. The topological polar surface area (TPSA) is 53.7 Å². The second kappa shape index (κ2) is 5.58. The van der Waals surface area contributed by atoms with Crippen LogP contribution < -0.4 is 15.2 Å². The lowest BCUT2D eigenvalue weighted by Gasteiger charge is -2.15. The molecule has 1 aromatic rings. The number of nitrogens with two attached hydrogens (primary N) is 1. The zero-order valence-electron chi connectivity index (χ0n) is 9.32. The maximum atomic E-state index is 5.59. The Kier molecular flexibility index (Phi) is 4.39. The molecule has 2 N–H and O–H groups in total. The van der Waals surface area contributed by atoms with Crippen molar-refractivity contribution in [1.29, 1.82) is 0 Å². The van der Waals surface area contributed by atoms with E-state index in [1.165, 1.54) is 0 Å². The Balaban J connectivity index is 3.05. The molecule has 0 radical (unpaired) electrons. The lowest BCUT2D eigenvalue weighted by atomic mass is 10.1. The first kappa shape index (κ1) is 11.8. The molecule has 0 saturated carbocycles. The molecule has 0 aromatic heterocycles. The molecule has 0 aliphatic heterocycles. The Morgan fingerprint density at radius 2 is 1.60 bits per heavy atom. The highest BCUT2D eigenvalue weighted by Gasteiger charge is 2.11. The highest BCUT2D eigenvalue weighted by atomic mass is 16.5. The number of methoxy groups -OCH3 is 3. The number of hydrogen-bond donors (Lipinski definition) is 1. The zero-order chi connectivity index (χ0) is 11.3. The van der Waals surface area contributed by atoms with Crippen molar-refractivity contribution in [3.8, 4) is 11.5 Å². The number of rotatable bonds is 5. The van der Waals surface area contributed by atoms with Gasteiger partial charge in [-0.1, -0.05) is 0 Å². The van der Waals surface area contributed by atoms with Gasteiger partial charge in [-0.15, -0.1) is 0 Å². The molecule has 1 rings (SSSR count). The number of ether oxygens (including phenoxy) is 3. The average molecular weight is 211 g/mol. The van der Waals surface area contributed by atoms with Crippen LogP contribution in [-0.2, 0) is 4.74 Å². The van der Waals surface area contributed by atoms with Gasteiger partial charge in [-0.25, -0.2) is 0 Å². The molecule has 0 spiro atoms. The Morgan fingerprint density at radius 1 is 1.07 bits per heavy atom. The summed E-state index contributed by atoms with van der Waals surface area (Å²) in [5, 5.41) is 0. The van der Waals surface area contributed by atoms with Crippen molar-refractivity contribution >= 4 is 0 Å². The van der Waals surface area contributed by atoms with Gasteiger partial charge in [-0.2, -0.15) is 0 Å². The molecule has 0 bridgehead atoms. The Morgan fingerprint density at radius 3 is 1.93 bits per heavy atom. The molecule has 84 valence electrons. The zero-order valence-corrected chi connectivity index (χ0v) is 9.32. The largest absolute Gasteiger partial charge is 0.497 e. The minimum atomic E-state index is -0.131. The van der Waals surface area contributed by atoms with E-state index in [2.05, 4.69) is 0 Å². The summed E-state index contributed by atoms with van der Waals surface area (Å²) in [7, 11) is 4.86. The third-order valence-corrected chi connectivity index (χ3v) is 2.24. The molecule has 0 amide bonds. The fourth-order valence-corrected chi connectivity index (χ4v) is 1.38. The van der Waals surface area contributed by atoms with Crippen LogP contribution >= 0.6 is 0 Å². The first-order valence-electron chi connectivity index (χ1n) is 4.71. The summed E-state index contributed by atoms with van der Waals surface area (Å²) in [4.78, 5) is 0. The third-order valence-electron chi connectivity index (χ3n) is 2.24. The average Bonchev–Trinajstić information content (AvgIpc) is 2.30. The molecule has 15 heavy (non-hydrogen) atoms. The number of benzene rings is 1. The van der Waals surface area contributed by atoms with Crippen molar-refractivity contribution in [2.45, 2.75) is 6.10 Å². The van der Waals surface area contributed by atoms with Crippen LogP contribution in [0.5, 0.6) is 11.5 Å². The molecule has 0 aliphatic rings. The fraction of sp³-hybridized carbons (Fsp3) is 0.455. The van der Waals surface area contributed by atoms with Crippen molar-refractivity contribution in [2.75, 3.05) is 27.9 Å². The standard InChI is InChI=1S/C11H17NO3/c1-13-9-4-8(11(7-12)15-3)5-10(6-9)14-2/h4-6,11H,7,12H2,1-3H3. The van der Waals surface area contributed by atoms with E-state index in [1.807, 2.05) is 18.2 Å². The minimum absolute atomic E-state index is 0.131. The minimum Gasteiger partial charge on any atom is -0.497 e. The quantitative estimate of drug-likeness (QED) is 0.798. The second-order valence-electron chi connectivity index (χ2n) is 3.11. The van der Waals surface area contributed by atoms with E-state index in [0.717, 1.165) is 17.1 Å². The van der Waals surface area contributed by atoms with Gasteiger partial charge in [0.25, 0.3) is 0 Å². The maximum Gasteiger partial charge on any atom is 0.122 e. The highest BCUT2D eigenvalue weighted by Crippen LogP contribution is 2.27. The van der Waals surface area contributed by atoms with Crippen LogP contribution in [0.25, 0.3) is 0 Å². The maximum absolute atomic E-state index is 5.59. The van der Waals surface area contributed by atoms with Gasteiger partial charge in [-0.3, -0.25) is 0 Å². The van der Waals surface area contributed by atoms with E-state index in [9.17, 15) is 0 Å². The van der Waals surface area contributed by atoms with Crippen molar-refractivity contribution in [1.82, 2.24) is 0 Å². The Hall–Kier alpha value is -1.26. The van der Waals surface area contributed by atoms with Crippen molar-refractivity contribution in [3.63, 3.8) is 0 Å². The second-order valence-corrected chi connectivity index (χ2v) is 3.11. The van der Waals surface area contributed by atoms with Gasteiger partial charge in [0, 0.05) is 19.7 Å². The highest BCUT2D eigenvalue weighted by molar-refractivity contribution is 5.39. The van der Waals surface area contributed by atoms with E-state index in [4.69, 9.17) is 19.9 Å². The molecule has 1 unspecified atom stereocenters. The molecule has 0 saturated heterocycles. The van der Waals surface area contributed by atoms with Gasteiger partial charge in [0.15, 0.2) is 0 Å². The van der Waals surface area contributed by atoms with Gasteiger partial charge in [0.05, 0.1) is 20.3 Å². The molecule has 0 aliphatic carbocycles. The van der Waals surface area contributed by atoms with Crippen molar-refractivity contribution in [2.24, 2.45) is 5.73 Å². The predicted molar refractivity (Wildman–Crippen MR) is 58.4 cm³/mol. The summed E-state index contributed by atoms with van der Waals surface area (Å²) in [6, 6.07) is 5.60. The molecule has 1 aromatic carbocycles. The normalized spacial score (nSPS) is 12.3. The van der Waals surface area contributed by atoms with Gasteiger partial charge in [0.2, 0.25) is 0 Å². The molecule has 0 fully saturated rings. The van der Waals surface area contributed by atoms with Crippen LogP contribution in [0.3, 0.4) is 0 Å².